The maximum Gasteiger partial charge on any atom is 0.269 e. The molecule has 0 radical (unpaired) electrons. The van der Waals surface area contributed by atoms with Gasteiger partial charge in [0.25, 0.3) is 17.3 Å². The Morgan fingerprint density at radius 2 is 1.37 bits per heavy atom. The quantitative estimate of drug-likeness (QED) is 0.624. The van der Waals surface area contributed by atoms with Gasteiger partial charge in [-0.25, -0.2) is 0 Å². The Labute approximate surface area is 155 Å². The second-order valence-electron chi connectivity index (χ2n) is 6.45. The van der Waals surface area contributed by atoms with Gasteiger partial charge in [-0.05, 0) is 24.3 Å². The van der Waals surface area contributed by atoms with Crippen molar-refractivity contribution in [2.75, 3.05) is 26.2 Å². The summed E-state index contributed by atoms with van der Waals surface area (Å²) >= 11 is 0. The Kier molecular flexibility index (Phi) is 5.41. The van der Waals surface area contributed by atoms with E-state index in [-0.39, 0.29) is 17.3 Å². The first-order valence-electron chi connectivity index (χ1n) is 8.54. The Bertz CT molecular complexity index is 843. The number of rotatable bonds is 5. The molecule has 0 atom stereocenters. The number of nitrogens with one attached hydrogen (secondary N) is 1. The van der Waals surface area contributed by atoms with Crippen molar-refractivity contribution in [3.63, 3.8) is 0 Å². The van der Waals surface area contributed by atoms with Crippen LogP contribution in [0, 0.1) is 20.2 Å². The van der Waals surface area contributed by atoms with E-state index in [9.17, 15) is 25.0 Å². The highest BCUT2D eigenvalue weighted by molar-refractivity contribution is 5.94. The number of benzene rings is 2. The first-order chi connectivity index (χ1) is 12.9. The molecule has 0 aliphatic carbocycles. The van der Waals surface area contributed by atoms with E-state index in [1.807, 2.05) is 0 Å². The van der Waals surface area contributed by atoms with E-state index in [0.717, 1.165) is 25.2 Å². The first kappa shape index (κ1) is 18.5. The number of quaternary nitrogens is 1. The Hall–Kier alpha value is -3.33. The molecule has 1 fully saturated rings. The lowest BCUT2D eigenvalue weighted by Gasteiger charge is -2.32. The van der Waals surface area contributed by atoms with Gasteiger partial charge < -0.3 is 9.80 Å². The van der Waals surface area contributed by atoms with Gasteiger partial charge in [0.05, 0.1) is 36.0 Å². The van der Waals surface area contributed by atoms with Gasteiger partial charge in [0.1, 0.15) is 6.54 Å². The van der Waals surface area contributed by atoms with Gasteiger partial charge in [-0.1, -0.05) is 0 Å². The van der Waals surface area contributed by atoms with Gasteiger partial charge in [0.2, 0.25) is 0 Å². The highest BCUT2D eigenvalue weighted by Gasteiger charge is 2.25. The van der Waals surface area contributed by atoms with Crippen molar-refractivity contribution < 1.29 is 19.5 Å². The predicted molar refractivity (Wildman–Crippen MR) is 96.5 cm³/mol. The van der Waals surface area contributed by atoms with Crippen molar-refractivity contribution in [1.29, 1.82) is 0 Å². The fourth-order valence-electron chi connectivity index (χ4n) is 3.14. The summed E-state index contributed by atoms with van der Waals surface area (Å²) < 4.78 is 0. The van der Waals surface area contributed by atoms with Crippen LogP contribution in [0.15, 0.2) is 48.5 Å². The summed E-state index contributed by atoms with van der Waals surface area (Å²) in [5.41, 5.74) is 1.50. The number of non-ortho nitro benzene ring substituents is 2. The second-order valence-corrected chi connectivity index (χ2v) is 6.45. The largest absolute Gasteiger partial charge is 0.328 e. The van der Waals surface area contributed by atoms with E-state index < -0.39 is 9.85 Å². The van der Waals surface area contributed by atoms with Crippen LogP contribution in [0.25, 0.3) is 0 Å². The van der Waals surface area contributed by atoms with Crippen molar-refractivity contribution in [2.45, 2.75) is 6.54 Å². The SMILES string of the molecule is O=C(c1ccc([N+](=O)[O-])cc1)N1CC[NH+](Cc2ccc([N+](=O)[O-])cc2)CC1. The van der Waals surface area contributed by atoms with Crippen LogP contribution in [0.5, 0.6) is 0 Å². The molecule has 9 nitrogen and oxygen atoms in total. The molecule has 9 heteroatoms. The number of piperazine rings is 1. The standard InChI is InChI=1S/C18H18N4O5/c23-18(15-3-7-17(8-4-15)22(26)27)20-11-9-19(10-12-20)13-14-1-5-16(6-2-14)21(24)25/h1-8H,9-13H2/p+1. The molecule has 1 amide bonds. The number of hydrogen-bond donors (Lipinski definition) is 1. The van der Waals surface area contributed by atoms with Gasteiger partial charge in [-0.2, -0.15) is 0 Å². The van der Waals surface area contributed by atoms with E-state index in [4.69, 9.17) is 0 Å². The molecular weight excluding hydrogens is 352 g/mol. The maximum atomic E-state index is 12.5. The van der Waals surface area contributed by atoms with Crippen LogP contribution in [0.3, 0.4) is 0 Å². The van der Waals surface area contributed by atoms with Crippen LogP contribution in [0.1, 0.15) is 15.9 Å². The second kappa shape index (κ2) is 7.92. The molecule has 3 rings (SSSR count). The van der Waals surface area contributed by atoms with Crippen LogP contribution >= 0.6 is 0 Å². The van der Waals surface area contributed by atoms with Crippen molar-refractivity contribution in [2.24, 2.45) is 0 Å². The maximum absolute atomic E-state index is 12.5. The molecule has 1 aliphatic heterocycles. The third-order valence-electron chi connectivity index (χ3n) is 4.68. The lowest BCUT2D eigenvalue weighted by atomic mass is 10.1. The van der Waals surface area contributed by atoms with Crippen LogP contribution in [-0.4, -0.2) is 46.8 Å². The summed E-state index contributed by atoms with van der Waals surface area (Å²) in [6.45, 7) is 3.49. The zero-order chi connectivity index (χ0) is 19.4. The Balaban J connectivity index is 1.54. The average molecular weight is 371 g/mol. The van der Waals surface area contributed by atoms with Gasteiger partial charge in [-0.3, -0.25) is 25.0 Å². The van der Waals surface area contributed by atoms with Crippen LogP contribution < -0.4 is 4.90 Å². The van der Waals surface area contributed by atoms with Crippen molar-refractivity contribution in [3.05, 3.63) is 79.9 Å². The summed E-state index contributed by atoms with van der Waals surface area (Å²) in [5, 5.41) is 21.4. The van der Waals surface area contributed by atoms with Gasteiger partial charge in [0.15, 0.2) is 0 Å². The summed E-state index contributed by atoms with van der Waals surface area (Å²) in [6, 6.07) is 12.2. The van der Waals surface area contributed by atoms with Crippen molar-refractivity contribution in [1.82, 2.24) is 4.90 Å². The summed E-state index contributed by atoms with van der Waals surface area (Å²) in [6.07, 6.45) is 0. The molecule has 1 saturated heterocycles. The number of nitro benzene ring substituents is 2. The third-order valence-corrected chi connectivity index (χ3v) is 4.68. The number of nitro groups is 2. The smallest absolute Gasteiger partial charge is 0.269 e. The predicted octanol–water partition coefficient (Wildman–Crippen LogP) is 1.04. The van der Waals surface area contributed by atoms with E-state index in [0.29, 0.717) is 18.7 Å². The minimum atomic E-state index is -0.491. The molecule has 140 valence electrons. The van der Waals surface area contributed by atoms with E-state index in [2.05, 4.69) is 0 Å². The van der Waals surface area contributed by atoms with E-state index in [1.165, 1.54) is 41.3 Å². The molecule has 2 aromatic rings. The highest BCUT2D eigenvalue weighted by Crippen LogP contribution is 2.14. The number of nitrogens with zero attached hydrogens (tertiary/aromatic N) is 3. The number of hydrogen-bond acceptors (Lipinski definition) is 5. The lowest BCUT2D eigenvalue weighted by molar-refractivity contribution is -0.917. The van der Waals surface area contributed by atoms with Crippen molar-refractivity contribution in [3.8, 4) is 0 Å². The molecule has 1 aliphatic rings. The monoisotopic (exact) mass is 371 g/mol. The average Bonchev–Trinajstić information content (AvgIpc) is 2.68. The van der Waals surface area contributed by atoms with Crippen LogP contribution in [0.2, 0.25) is 0 Å². The fraction of sp³-hybridized carbons (Fsp3) is 0.278. The number of carbonyl (C=O) groups excluding carboxylic acids is 1. The number of amides is 1. The first-order valence-corrected chi connectivity index (χ1v) is 8.54. The van der Waals surface area contributed by atoms with Gasteiger partial charge in [0, 0.05) is 35.4 Å². The summed E-state index contributed by atoms with van der Waals surface area (Å²) in [7, 11) is 0. The van der Waals surface area contributed by atoms with Crippen LogP contribution in [-0.2, 0) is 6.54 Å². The van der Waals surface area contributed by atoms with Gasteiger partial charge in [-0.15, -0.1) is 0 Å². The molecule has 2 aromatic carbocycles. The normalized spacial score (nSPS) is 14.7. The van der Waals surface area contributed by atoms with Crippen molar-refractivity contribution >= 4 is 17.3 Å². The topological polar surface area (TPSA) is 111 Å². The Morgan fingerprint density at radius 3 is 1.85 bits per heavy atom. The molecule has 0 bridgehead atoms. The molecule has 27 heavy (non-hydrogen) atoms. The number of carbonyl (C=O) groups is 1. The molecular formula is C18H19N4O5+. The van der Waals surface area contributed by atoms with E-state index in [1.54, 1.807) is 17.0 Å². The molecule has 1 heterocycles. The lowest BCUT2D eigenvalue weighted by Crippen LogP contribution is -3.13. The molecule has 0 spiro atoms. The fourth-order valence-corrected chi connectivity index (χ4v) is 3.14. The minimum absolute atomic E-state index is 0.0380. The zero-order valence-corrected chi connectivity index (χ0v) is 14.5. The highest BCUT2D eigenvalue weighted by atomic mass is 16.6. The van der Waals surface area contributed by atoms with E-state index >= 15 is 0 Å². The third kappa shape index (κ3) is 4.45. The molecule has 1 N–H and O–H groups in total. The van der Waals surface area contributed by atoms with Gasteiger partial charge >= 0.3 is 0 Å². The zero-order valence-electron chi connectivity index (χ0n) is 14.5. The molecule has 0 saturated carbocycles. The molecule has 0 unspecified atom stereocenters. The molecule has 0 aromatic heterocycles. The van der Waals surface area contributed by atoms with Crippen LogP contribution in [0.4, 0.5) is 11.4 Å². The Morgan fingerprint density at radius 1 is 0.889 bits per heavy atom. The minimum Gasteiger partial charge on any atom is -0.328 e. The summed E-state index contributed by atoms with van der Waals surface area (Å²) in [4.78, 5) is 36.1. The summed E-state index contributed by atoms with van der Waals surface area (Å²) in [5.74, 6) is -0.126.